The van der Waals surface area contributed by atoms with Gasteiger partial charge in [-0.05, 0) is 30.5 Å². The minimum Gasteiger partial charge on any atom is -0.371 e. The van der Waals surface area contributed by atoms with Gasteiger partial charge in [0.25, 0.3) is 0 Å². The van der Waals surface area contributed by atoms with Crippen molar-refractivity contribution in [2.45, 2.75) is 38.8 Å². The van der Waals surface area contributed by atoms with Gasteiger partial charge in [0, 0.05) is 24.8 Å². The summed E-state index contributed by atoms with van der Waals surface area (Å²) in [7, 11) is 0. The highest BCUT2D eigenvalue weighted by Crippen LogP contribution is 2.28. The molecule has 2 rings (SSSR count). The number of hydrogen-bond acceptors (Lipinski definition) is 3. The van der Waals surface area contributed by atoms with E-state index in [-0.39, 0.29) is 23.8 Å². The highest BCUT2D eigenvalue weighted by Gasteiger charge is 2.22. The quantitative estimate of drug-likeness (QED) is 0.828. The number of rotatable bonds is 6. The summed E-state index contributed by atoms with van der Waals surface area (Å²) >= 11 is 0. The van der Waals surface area contributed by atoms with Crippen LogP contribution in [0.2, 0.25) is 0 Å². The van der Waals surface area contributed by atoms with Crippen molar-refractivity contribution in [1.82, 2.24) is 5.32 Å². The Kier molecular flexibility index (Phi) is 4.60. The second kappa shape index (κ2) is 6.22. The van der Waals surface area contributed by atoms with E-state index in [2.05, 4.69) is 10.2 Å². The number of fused-ring (bicyclic) bond motifs is 1. The molecule has 0 aromatic heterocycles. The molecule has 20 heavy (non-hydrogen) atoms. The number of amides is 1. The lowest BCUT2D eigenvalue weighted by Crippen LogP contribution is -2.46. The van der Waals surface area contributed by atoms with E-state index >= 15 is 0 Å². The summed E-state index contributed by atoms with van der Waals surface area (Å²) in [5, 5.41) is 3.16. The second-order valence-corrected chi connectivity index (χ2v) is 5.58. The first-order valence-electron chi connectivity index (χ1n) is 7.06. The van der Waals surface area contributed by atoms with Gasteiger partial charge in [-0.2, -0.15) is 0 Å². The third-order valence-electron chi connectivity index (χ3n) is 3.60. The van der Waals surface area contributed by atoms with Gasteiger partial charge in [0.15, 0.2) is 0 Å². The minimum absolute atomic E-state index is 0.204. The van der Waals surface area contributed by atoms with E-state index in [1.807, 2.05) is 19.9 Å². The van der Waals surface area contributed by atoms with Crippen molar-refractivity contribution in [3.8, 4) is 0 Å². The fourth-order valence-electron chi connectivity index (χ4n) is 2.65. The molecule has 1 unspecified atom stereocenters. The van der Waals surface area contributed by atoms with Crippen molar-refractivity contribution < 1.29 is 9.18 Å². The molecule has 0 spiro atoms. The SMILES string of the molecule is CC(C)NC(CCN1CCc2ccc(F)cc21)C(N)=O. The Morgan fingerprint density at radius 3 is 2.90 bits per heavy atom. The van der Waals surface area contributed by atoms with Gasteiger partial charge >= 0.3 is 0 Å². The van der Waals surface area contributed by atoms with Crippen LogP contribution in [0.4, 0.5) is 10.1 Å². The van der Waals surface area contributed by atoms with E-state index in [9.17, 15) is 9.18 Å². The fourth-order valence-corrected chi connectivity index (χ4v) is 2.65. The van der Waals surface area contributed by atoms with Crippen molar-refractivity contribution in [3.05, 3.63) is 29.6 Å². The van der Waals surface area contributed by atoms with E-state index < -0.39 is 0 Å². The maximum absolute atomic E-state index is 13.3. The second-order valence-electron chi connectivity index (χ2n) is 5.58. The van der Waals surface area contributed by atoms with Crippen LogP contribution in [-0.2, 0) is 11.2 Å². The van der Waals surface area contributed by atoms with Crippen LogP contribution in [-0.4, -0.2) is 31.1 Å². The monoisotopic (exact) mass is 279 g/mol. The van der Waals surface area contributed by atoms with Crippen LogP contribution in [0.15, 0.2) is 18.2 Å². The normalized spacial score (nSPS) is 15.5. The van der Waals surface area contributed by atoms with Crippen molar-refractivity contribution in [2.24, 2.45) is 5.73 Å². The molecule has 1 heterocycles. The zero-order valence-electron chi connectivity index (χ0n) is 12.0. The summed E-state index contributed by atoms with van der Waals surface area (Å²) < 4.78 is 13.3. The molecule has 1 amide bonds. The van der Waals surface area contributed by atoms with E-state index in [0.717, 1.165) is 18.7 Å². The third-order valence-corrected chi connectivity index (χ3v) is 3.60. The topological polar surface area (TPSA) is 58.4 Å². The standard InChI is InChI=1S/C15H22FN3O/c1-10(2)18-13(15(17)20)6-8-19-7-5-11-3-4-12(16)9-14(11)19/h3-4,9-10,13,18H,5-8H2,1-2H3,(H2,17,20). The number of nitrogens with one attached hydrogen (secondary N) is 1. The molecule has 4 nitrogen and oxygen atoms in total. The number of nitrogens with zero attached hydrogens (tertiary/aromatic N) is 1. The molecule has 0 saturated heterocycles. The number of anilines is 1. The predicted molar refractivity (Wildman–Crippen MR) is 78.2 cm³/mol. The highest BCUT2D eigenvalue weighted by molar-refractivity contribution is 5.80. The number of nitrogens with two attached hydrogens (primary N) is 1. The summed E-state index contributed by atoms with van der Waals surface area (Å²) in [6, 6.07) is 4.76. The van der Waals surface area contributed by atoms with Gasteiger partial charge in [0.1, 0.15) is 5.82 Å². The summed E-state index contributed by atoms with van der Waals surface area (Å²) in [6.07, 6.45) is 1.55. The fraction of sp³-hybridized carbons (Fsp3) is 0.533. The van der Waals surface area contributed by atoms with Gasteiger partial charge < -0.3 is 16.0 Å². The molecule has 3 N–H and O–H groups in total. The van der Waals surface area contributed by atoms with Crippen molar-refractivity contribution in [2.75, 3.05) is 18.0 Å². The maximum Gasteiger partial charge on any atom is 0.234 e. The molecule has 1 aromatic rings. The number of carbonyl (C=O) groups excluding carboxylic acids is 1. The summed E-state index contributed by atoms with van der Waals surface area (Å²) in [4.78, 5) is 13.5. The van der Waals surface area contributed by atoms with Crippen LogP contribution in [0.25, 0.3) is 0 Å². The average molecular weight is 279 g/mol. The van der Waals surface area contributed by atoms with Gasteiger partial charge in [-0.1, -0.05) is 19.9 Å². The molecule has 0 bridgehead atoms. The van der Waals surface area contributed by atoms with Crippen LogP contribution in [0.3, 0.4) is 0 Å². The van der Waals surface area contributed by atoms with Crippen LogP contribution in [0.5, 0.6) is 0 Å². The Labute approximate surface area is 119 Å². The van der Waals surface area contributed by atoms with Gasteiger partial charge in [-0.15, -0.1) is 0 Å². The van der Waals surface area contributed by atoms with Crippen LogP contribution in [0, 0.1) is 5.82 Å². The molecule has 1 aliphatic heterocycles. The van der Waals surface area contributed by atoms with Gasteiger partial charge in [0.2, 0.25) is 5.91 Å². The maximum atomic E-state index is 13.3. The predicted octanol–water partition coefficient (Wildman–Crippen LogP) is 1.43. The smallest absolute Gasteiger partial charge is 0.234 e. The van der Waals surface area contributed by atoms with Crippen molar-refractivity contribution >= 4 is 11.6 Å². The Hall–Kier alpha value is -1.62. The number of halogens is 1. The number of primary amides is 1. The molecule has 0 radical (unpaired) electrons. The molecule has 1 atom stereocenters. The van der Waals surface area contributed by atoms with Crippen LogP contribution in [0.1, 0.15) is 25.8 Å². The van der Waals surface area contributed by atoms with Crippen LogP contribution < -0.4 is 16.0 Å². The molecular weight excluding hydrogens is 257 g/mol. The third kappa shape index (κ3) is 3.48. The molecule has 110 valence electrons. The Bertz CT molecular complexity index is 490. The van der Waals surface area contributed by atoms with Gasteiger partial charge in [-0.3, -0.25) is 4.79 Å². The highest BCUT2D eigenvalue weighted by atomic mass is 19.1. The number of hydrogen-bond donors (Lipinski definition) is 2. The van der Waals surface area contributed by atoms with E-state index in [1.54, 1.807) is 6.07 Å². The summed E-state index contributed by atoms with van der Waals surface area (Å²) in [5.41, 5.74) is 7.52. The molecular formula is C15H22FN3O. The Balaban J connectivity index is 1.98. The Morgan fingerprint density at radius 1 is 1.50 bits per heavy atom. The zero-order chi connectivity index (χ0) is 14.7. The lowest BCUT2D eigenvalue weighted by molar-refractivity contribution is -0.120. The first kappa shape index (κ1) is 14.8. The molecule has 0 saturated carbocycles. The average Bonchev–Trinajstić information content (AvgIpc) is 2.76. The Morgan fingerprint density at radius 2 is 2.25 bits per heavy atom. The van der Waals surface area contributed by atoms with E-state index in [1.165, 1.54) is 11.6 Å². The molecule has 0 aliphatic carbocycles. The van der Waals surface area contributed by atoms with Gasteiger partial charge in [0.05, 0.1) is 6.04 Å². The summed E-state index contributed by atoms with van der Waals surface area (Å²) in [6.45, 7) is 5.53. The number of benzene rings is 1. The molecule has 1 aromatic carbocycles. The zero-order valence-corrected chi connectivity index (χ0v) is 12.0. The van der Waals surface area contributed by atoms with Crippen molar-refractivity contribution in [1.29, 1.82) is 0 Å². The van der Waals surface area contributed by atoms with Crippen molar-refractivity contribution in [3.63, 3.8) is 0 Å². The molecule has 5 heteroatoms. The van der Waals surface area contributed by atoms with E-state index in [4.69, 9.17) is 5.73 Å². The molecule has 1 aliphatic rings. The summed E-state index contributed by atoms with van der Waals surface area (Å²) in [5.74, 6) is -0.556. The van der Waals surface area contributed by atoms with Gasteiger partial charge in [-0.25, -0.2) is 4.39 Å². The molecule has 0 fully saturated rings. The lowest BCUT2D eigenvalue weighted by atomic mass is 10.1. The number of carbonyl (C=O) groups is 1. The largest absolute Gasteiger partial charge is 0.371 e. The van der Waals surface area contributed by atoms with E-state index in [0.29, 0.717) is 13.0 Å². The first-order chi connectivity index (χ1) is 9.47. The van der Waals surface area contributed by atoms with Crippen LogP contribution >= 0.6 is 0 Å². The lowest BCUT2D eigenvalue weighted by Gasteiger charge is -2.24. The minimum atomic E-state index is -0.340. The first-order valence-corrected chi connectivity index (χ1v) is 7.06.